The first-order valence-electron chi connectivity index (χ1n) is 4.81. The van der Waals surface area contributed by atoms with Gasteiger partial charge in [0.2, 0.25) is 5.91 Å². The molecule has 1 saturated heterocycles. The van der Waals surface area contributed by atoms with Crippen LogP contribution in [0.4, 0.5) is 0 Å². The highest BCUT2D eigenvalue weighted by molar-refractivity contribution is 14.1. The molecule has 0 radical (unpaired) electrons. The summed E-state index contributed by atoms with van der Waals surface area (Å²) in [6, 6.07) is 8.20. The van der Waals surface area contributed by atoms with E-state index in [0.717, 1.165) is 5.56 Å². The van der Waals surface area contributed by atoms with Crippen molar-refractivity contribution >= 4 is 40.1 Å². The molecular formula is C11H11ClINO. The van der Waals surface area contributed by atoms with E-state index in [1.165, 1.54) is 3.57 Å². The van der Waals surface area contributed by atoms with Crippen molar-refractivity contribution < 1.29 is 4.79 Å². The van der Waals surface area contributed by atoms with Gasteiger partial charge in [0.15, 0.2) is 0 Å². The Hall–Kier alpha value is -0.290. The lowest BCUT2D eigenvalue weighted by Crippen LogP contribution is -2.24. The highest BCUT2D eigenvalue weighted by Crippen LogP contribution is 2.19. The van der Waals surface area contributed by atoms with Crippen LogP contribution in [0.15, 0.2) is 24.3 Å². The number of rotatable bonds is 2. The molecule has 1 atom stereocenters. The van der Waals surface area contributed by atoms with Gasteiger partial charge in [-0.2, -0.15) is 0 Å². The number of benzene rings is 1. The molecule has 0 aliphatic carbocycles. The highest BCUT2D eigenvalue weighted by Gasteiger charge is 2.27. The van der Waals surface area contributed by atoms with Crippen LogP contribution in [0.2, 0.25) is 0 Å². The van der Waals surface area contributed by atoms with E-state index in [9.17, 15) is 4.79 Å². The Balaban J connectivity index is 2.03. The third kappa shape index (κ3) is 2.84. The maximum absolute atomic E-state index is 11.5. The number of carbonyl (C=O) groups is 1. The van der Waals surface area contributed by atoms with E-state index >= 15 is 0 Å². The van der Waals surface area contributed by atoms with E-state index in [4.69, 9.17) is 11.6 Å². The molecule has 0 bridgehead atoms. The zero-order valence-corrected chi connectivity index (χ0v) is 11.0. The fourth-order valence-electron chi connectivity index (χ4n) is 1.69. The average molecular weight is 336 g/mol. The summed E-state index contributed by atoms with van der Waals surface area (Å²) >= 11 is 8.20. The van der Waals surface area contributed by atoms with Crippen molar-refractivity contribution in [3.8, 4) is 0 Å². The molecule has 0 aromatic heterocycles. The number of hydrogen-bond acceptors (Lipinski definition) is 1. The molecule has 4 heteroatoms. The summed E-state index contributed by atoms with van der Waals surface area (Å²) in [4.78, 5) is 13.3. The maximum Gasteiger partial charge on any atom is 0.224 e. The van der Waals surface area contributed by atoms with Gasteiger partial charge in [0.1, 0.15) is 0 Å². The topological polar surface area (TPSA) is 20.3 Å². The Morgan fingerprint density at radius 3 is 2.60 bits per heavy atom. The van der Waals surface area contributed by atoms with Crippen LogP contribution in [0.5, 0.6) is 0 Å². The first-order valence-corrected chi connectivity index (χ1v) is 6.33. The van der Waals surface area contributed by atoms with Crippen molar-refractivity contribution in [1.29, 1.82) is 0 Å². The molecule has 1 unspecified atom stereocenters. The average Bonchev–Trinajstić information content (AvgIpc) is 2.49. The zero-order valence-electron chi connectivity index (χ0n) is 8.12. The fraction of sp³-hybridized carbons (Fsp3) is 0.364. The Morgan fingerprint density at radius 1 is 1.40 bits per heavy atom. The number of alkyl halides is 1. The number of likely N-dealkylation sites (tertiary alicyclic amines) is 1. The van der Waals surface area contributed by atoms with Gasteiger partial charge in [-0.25, -0.2) is 0 Å². The third-order valence-electron chi connectivity index (χ3n) is 2.45. The normalized spacial score (nSPS) is 21.1. The van der Waals surface area contributed by atoms with Gasteiger partial charge in [-0.05, 0) is 40.3 Å². The Labute approximate surface area is 108 Å². The molecule has 1 aromatic carbocycles. The number of halogens is 2. The van der Waals surface area contributed by atoms with Crippen LogP contribution in [-0.2, 0) is 11.3 Å². The smallest absolute Gasteiger partial charge is 0.224 e. The summed E-state index contributed by atoms with van der Waals surface area (Å²) in [6.45, 7) is 1.35. The van der Waals surface area contributed by atoms with Crippen LogP contribution >= 0.6 is 34.2 Å². The standard InChI is InChI=1S/C11H11ClINO/c12-9-5-11(15)14(7-9)6-8-1-3-10(13)4-2-8/h1-4,9H,5-7H2. The minimum atomic E-state index is -0.0126. The number of amides is 1. The first-order chi connectivity index (χ1) is 7.15. The second-order valence-corrected chi connectivity index (χ2v) is 5.56. The van der Waals surface area contributed by atoms with Crippen LogP contribution in [0.3, 0.4) is 0 Å². The second kappa shape index (κ2) is 4.70. The zero-order chi connectivity index (χ0) is 10.8. The summed E-state index contributed by atoms with van der Waals surface area (Å²) in [5, 5.41) is -0.0126. The largest absolute Gasteiger partial charge is 0.337 e. The molecule has 1 fully saturated rings. The molecule has 2 rings (SSSR count). The molecule has 80 valence electrons. The highest BCUT2D eigenvalue weighted by atomic mass is 127. The van der Waals surface area contributed by atoms with E-state index in [2.05, 4.69) is 46.9 Å². The molecule has 1 aromatic rings. The predicted molar refractivity (Wildman–Crippen MR) is 68.8 cm³/mol. The fourth-order valence-corrected chi connectivity index (χ4v) is 2.35. The van der Waals surface area contributed by atoms with E-state index in [1.807, 2.05) is 4.90 Å². The summed E-state index contributed by atoms with van der Waals surface area (Å²) < 4.78 is 1.21. The Kier molecular flexibility index (Phi) is 3.51. The van der Waals surface area contributed by atoms with Gasteiger partial charge in [-0.15, -0.1) is 11.6 Å². The number of carbonyl (C=O) groups excluding carboxylic acids is 1. The number of nitrogens with zero attached hydrogens (tertiary/aromatic N) is 1. The lowest BCUT2D eigenvalue weighted by atomic mass is 10.2. The SMILES string of the molecule is O=C1CC(Cl)CN1Cc1ccc(I)cc1. The monoisotopic (exact) mass is 335 g/mol. The molecule has 1 aliphatic heterocycles. The third-order valence-corrected chi connectivity index (χ3v) is 3.47. The molecule has 2 nitrogen and oxygen atoms in total. The summed E-state index contributed by atoms with van der Waals surface area (Å²) in [5.74, 6) is 0.161. The van der Waals surface area contributed by atoms with Gasteiger partial charge >= 0.3 is 0 Å². The minimum absolute atomic E-state index is 0.0126. The minimum Gasteiger partial charge on any atom is -0.337 e. The summed E-state index contributed by atoms with van der Waals surface area (Å²) in [5.41, 5.74) is 1.16. The summed E-state index contributed by atoms with van der Waals surface area (Å²) in [7, 11) is 0. The number of hydrogen-bond donors (Lipinski definition) is 0. The molecule has 15 heavy (non-hydrogen) atoms. The van der Waals surface area contributed by atoms with Crippen LogP contribution in [-0.4, -0.2) is 22.7 Å². The van der Waals surface area contributed by atoms with Gasteiger partial charge in [0, 0.05) is 23.1 Å². The van der Waals surface area contributed by atoms with E-state index in [-0.39, 0.29) is 11.3 Å². The maximum atomic E-state index is 11.5. The predicted octanol–water partition coefficient (Wildman–Crippen LogP) is 2.63. The molecule has 0 N–H and O–H groups in total. The van der Waals surface area contributed by atoms with Gasteiger partial charge in [0.05, 0.1) is 5.38 Å². The molecule has 1 amide bonds. The van der Waals surface area contributed by atoms with Crippen molar-refractivity contribution in [2.24, 2.45) is 0 Å². The lowest BCUT2D eigenvalue weighted by Gasteiger charge is -2.15. The molecular weight excluding hydrogens is 324 g/mol. The van der Waals surface area contributed by atoms with E-state index < -0.39 is 0 Å². The van der Waals surface area contributed by atoms with Gasteiger partial charge < -0.3 is 4.90 Å². The van der Waals surface area contributed by atoms with Crippen molar-refractivity contribution in [1.82, 2.24) is 4.90 Å². The molecule has 0 spiro atoms. The van der Waals surface area contributed by atoms with Crippen LogP contribution in [0.1, 0.15) is 12.0 Å². The van der Waals surface area contributed by atoms with Crippen molar-refractivity contribution in [2.45, 2.75) is 18.3 Å². The van der Waals surface area contributed by atoms with Gasteiger partial charge in [-0.1, -0.05) is 12.1 Å². The summed E-state index contributed by atoms with van der Waals surface area (Å²) in [6.07, 6.45) is 0.478. The van der Waals surface area contributed by atoms with Crippen LogP contribution < -0.4 is 0 Å². The van der Waals surface area contributed by atoms with Crippen molar-refractivity contribution in [3.05, 3.63) is 33.4 Å². The molecule has 0 saturated carbocycles. The first kappa shape index (κ1) is 11.2. The molecule has 1 aliphatic rings. The quantitative estimate of drug-likeness (QED) is 0.601. The second-order valence-electron chi connectivity index (χ2n) is 3.70. The van der Waals surface area contributed by atoms with E-state index in [0.29, 0.717) is 19.5 Å². The van der Waals surface area contributed by atoms with Crippen molar-refractivity contribution in [3.63, 3.8) is 0 Å². The van der Waals surface area contributed by atoms with Crippen LogP contribution in [0, 0.1) is 3.57 Å². The van der Waals surface area contributed by atoms with Gasteiger partial charge in [0.25, 0.3) is 0 Å². The Bertz CT molecular complexity index is 365. The van der Waals surface area contributed by atoms with Gasteiger partial charge in [-0.3, -0.25) is 4.79 Å². The van der Waals surface area contributed by atoms with Crippen molar-refractivity contribution in [2.75, 3.05) is 6.54 Å². The Morgan fingerprint density at radius 2 is 2.07 bits per heavy atom. The van der Waals surface area contributed by atoms with E-state index in [1.54, 1.807) is 0 Å². The van der Waals surface area contributed by atoms with Crippen LogP contribution in [0.25, 0.3) is 0 Å². The molecule has 1 heterocycles. The lowest BCUT2D eigenvalue weighted by molar-refractivity contribution is -0.128.